The molecule has 2 rings (SSSR count). The number of phenolic OH excluding ortho intramolecular Hbond substituents is 1. The van der Waals surface area contributed by atoms with Crippen molar-refractivity contribution in [3.8, 4) is 11.8 Å². The Morgan fingerprint density at radius 2 is 1.79 bits per heavy atom. The van der Waals surface area contributed by atoms with Crippen LogP contribution in [0.1, 0.15) is 11.1 Å². The summed E-state index contributed by atoms with van der Waals surface area (Å²) in [7, 11) is 0. The number of nitrogens with one attached hydrogen (secondary N) is 1. The van der Waals surface area contributed by atoms with Gasteiger partial charge in [-0.3, -0.25) is 0 Å². The van der Waals surface area contributed by atoms with Gasteiger partial charge in [-0.25, -0.2) is 8.78 Å². The van der Waals surface area contributed by atoms with Crippen LogP contribution in [0, 0.1) is 23.0 Å². The second-order valence-corrected chi connectivity index (χ2v) is 3.93. The lowest BCUT2D eigenvalue weighted by Crippen LogP contribution is -2.02. The Morgan fingerprint density at radius 3 is 2.53 bits per heavy atom. The lowest BCUT2D eigenvalue weighted by Gasteiger charge is -2.09. The summed E-state index contributed by atoms with van der Waals surface area (Å²) in [4.78, 5) is 0. The van der Waals surface area contributed by atoms with Crippen LogP contribution in [0.5, 0.6) is 5.75 Å². The van der Waals surface area contributed by atoms with Gasteiger partial charge in [0.1, 0.15) is 23.5 Å². The van der Waals surface area contributed by atoms with Gasteiger partial charge in [0.05, 0.1) is 11.3 Å². The fourth-order valence-electron chi connectivity index (χ4n) is 1.65. The molecule has 0 heterocycles. The van der Waals surface area contributed by atoms with Crippen LogP contribution in [0.2, 0.25) is 0 Å². The second-order valence-electron chi connectivity index (χ2n) is 3.93. The Bertz CT molecular complexity index is 650. The van der Waals surface area contributed by atoms with Crippen molar-refractivity contribution in [2.24, 2.45) is 0 Å². The molecule has 2 aromatic carbocycles. The first-order valence-corrected chi connectivity index (χ1v) is 5.51. The van der Waals surface area contributed by atoms with Crippen LogP contribution >= 0.6 is 0 Å². The van der Waals surface area contributed by atoms with E-state index in [4.69, 9.17) is 5.26 Å². The molecule has 0 atom stereocenters. The summed E-state index contributed by atoms with van der Waals surface area (Å²) in [6.07, 6.45) is 0. The van der Waals surface area contributed by atoms with E-state index >= 15 is 0 Å². The van der Waals surface area contributed by atoms with Crippen LogP contribution in [0.15, 0.2) is 36.4 Å². The first-order chi connectivity index (χ1) is 9.10. The van der Waals surface area contributed by atoms with E-state index in [2.05, 4.69) is 5.32 Å². The predicted octanol–water partition coefficient (Wildman–Crippen LogP) is 3.15. The Hall–Kier alpha value is -2.61. The molecule has 0 unspecified atom stereocenters. The van der Waals surface area contributed by atoms with Crippen molar-refractivity contribution in [1.29, 1.82) is 5.26 Å². The minimum absolute atomic E-state index is 0.0467. The highest BCUT2D eigenvalue weighted by Crippen LogP contribution is 2.21. The molecule has 2 aromatic rings. The molecule has 0 fully saturated rings. The molecule has 0 spiro atoms. The van der Waals surface area contributed by atoms with Crippen molar-refractivity contribution in [3.05, 3.63) is 59.2 Å². The van der Waals surface area contributed by atoms with Gasteiger partial charge in [0.25, 0.3) is 0 Å². The SMILES string of the molecule is N#Cc1cc(F)ccc1NCc1cc(F)ccc1O. The monoisotopic (exact) mass is 260 g/mol. The van der Waals surface area contributed by atoms with Gasteiger partial charge < -0.3 is 10.4 Å². The number of nitriles is 1. The standard InChI is InChI=1S/C14H10F2N2O/c15-11-1-3-13(9(5-11)7-17)18-8-10-6-12(16)2-4-14(10)19/h1-6,18-19H,8H2. The van der Waals surface area contributed by atoms with Crippen molar-refractivity contribution in [2.45, 2.75) is 6.54 Å². The lowest BCUT2D eigenvalue weighted by molar-refractivity contribution is 0.466. The van der Waals surface area contributed by atoms with Crippen LogP contribution in [0.4, 0.5) is 14.5 Å². The minimum Gasteiger partial charge on any atom is -0.508 e. The normalized spacial score (nSPS) is 9.95. The largest absolute Gasteiger partial charge is 0.508 e. The number of aromatic hydroxyl groups is 1. The summed E-state index contributed by atoms with van der Waals surface area (Å²) in [5, 5.41) is 21.3. The topological polar surface area (TPSA) is 56.0 Å². The van der Waals surface area contributed by atoms with Gasteiger partial charge in [0.2, 0.25) is 0 Å². The minimum atomic E-state index is -0.504. The van der Waals surface area contributed by atoms with Crippen LogP contribution < -0.4 is 5.32 Å². The van der Waals surface area contributed by atoms with E-state index in [-0.39, 0.29) is 17.9 Å². The van der Waals surface area contributed by atoms with Crippen LogP contribution in [-0.4, -0.2) is 5.11 Å². The number of phenols is 1. The molecule has 0 aliphatic carbocycles. The van der Waals surface area contributed by atoms with Gasteiger partial charge in [0.15, 0.2) is 0 Å². The lowest BCUT2D eigenvalue weighted by atomic mass is 10.1. The molecule has 19 heavy (non-hydrogen) atoms. The summed E-state index contributed by atoms with van der Waals surface area (Å²) in [5.41, 5.74) is 0.927. The molecule has 96 valence electrons. The second kappa shape index (κ2) is 5.36. The van der Waals surface area contributed by atoms with E-state index in [0.717, 1.165) is 12.1 Å². The fourth-order valence-corrected chi connectivity index (χ4v) is 1.65. The highest BCUT2D eigenvalue weighted by atomic mass is 19.1. The Labute approximate surface area is 108 Å². The molecule has 5 heteroatoms. The average Bonchev–Trinajstić information content (AvgIpc) is 2.40. The van der Waals surface area contributed by atoms with Crippen molar-refractivity contribution in [3.63, 3.8) is 0 Å². The molecule has 0 aliphatic heterocycles. The molecule has 2 N–H and O–H groups in total. The van der Waals surface area contributed by atoms with E-state index in [1.54, 1.807) is 0 Å². The highest BCUT2D eigenvalue weighted by molar-refractivity contribution is 5.57. The molecule has 0 saturated heterocycles. The zero-order valence-electron chi connectivity index (χ0n) is 9.82. The van der Waals surface area contributed by atoms with Gasteiger partial charge >= 0.3 is 0 Å². The number of halogens is 2. The van der Waals surface area contributed by atoms with Crippen molar-refractivity contribution >= 4 is 5.69 Å². The predicted molar refractivity (Wildman–Crippen MR) is 66.5 cm³/mol. The van der Waals surface area contributed by atoms with Crippen molar-refractivity contribution in [2.75, 3.05) is 5.32 Å². The highest BCUT2D eigenvalue weighted by Gasteiger charge is 2.06. The summed E-state index contributed by atoms with van der Waals surface area (Å²) in [5.74, 6) is -1.01. The van der Waals surface area contributed by atoms with Crippen molar-refractivity contribution < 1.29 is 13.9 Å². The number of nitrogens with zero attached hydrogens (tertiary/aromatic N) is 1. The summed E-state index contributed by atoms with van der Waals surface area (Å²) in [6.45, 7) is 0.129. The maximum Gasteiger partial charge on any atom is 0.124 e. The zero-order valence-corrected chi connectivity index (χ0v) is 9.82. The quantitative estimate of drug-likeness (QED) is 0.891. The van der Waals surface area contributed by atoms with E-state index in [9.17, 15) is 13.9 Å². The van der Waals surface area contributed by atoms with Crippen molar-refractivity contribution in [1.82, 2.24) is 0 Å². The number of hydrogen-bond acceptors (Lipinski definition) is 3. The van der Waals surface area contributed by atoms with E-state index in [1.165, 1.54) is 24.3 Å². The Kier molecular flexibility index (Phi) is 3.62. The first-order valence-electron chi connectivity index (χ1n) is 5.51. The summed E-state index contributed by atoms with van der Waals surface area (Å²) >= 11 is 0. The Balaban J connectivity index is 2.19. The summed E-state index contributed by atoms with van der Waals surface area (Å²) < 4.78 is 26.0. The average molecular weight is 260 g/mol. The van der Waals surface area contributed by atoms with E-state index in [1.807, 2.05) is 6.07 Å². The fraction of sp³-hybridized carbons (Fsp3) is 0.0714. The third-order valence-electron chi connectivity index (χ3n) is 2.61. The summed E-state index contributed by atoms with van der Waals surface area (Å²) in [6, 6.07) is 9.20. The molecule has 3 nitrogen and oxygen atoms in total. The van der Waals surface area contributed by atoms with Gasteiger partial charge in [-0.05, 0) is 36.4 Å². The third kappa shape index (κ3) is 2.99. The van der Waals surface area contributed by atoms with Crippen LogP contribution in [0.3, 0.4) is 0 Å². The third-order valence-corrected chi connectivity index (χ3v) is 2.61. The number of anilines is 1. The molecule has 0 bridgehead atoms. The van der Waals surface area contributed by atoms with Gasteiger partial charge in [-0.2, -0.15) is 5.26 Å². The molecule has 0 aromatic heterocycles. The van der Waals surface area contributed by atoms with Crippen LogP contribution in [-0.2, 0) is 6.54 Å². The maximum absolute atomic E-state index is 13.0. The molecule has 0 aliphatic rings. The van der Waals surface area contributed by atoms with Gasteiger partial charge in [-0.15, -0.1) is 0 Å². The Morgan fingerprint density at radius 1 is 1.11 bits per heavy atom. The van der Waals surface area contributed by atoms with E-state index < -0.39 is 11.6 Å². The van der Waals surface area contributed by atoms with Gasteiger partial charge in [-0.1, -0.05) is 0 Å². The number of hydrogen-bond donors (Lipinski definition) is 2. The molecule has 0 saturated carbocycles. The van der Waals surface area contributed by atoms with Crippen LogP contribution in [0.25, 0.3) is 0 Å². The molecular weight excluding hydrogens is 250 g/mol. The molecular formula is C14H10F2N2O. The number of benzene rings is 2. The van der Waals surface area contributed by atoms with Gasteiger partial charge in [0, 0.05) is 12.1 Å². The maximum atomic E-state index is 13.0. The van der Waals surface area contributed by atoms with E-state index in [0.29, 0.717) is 11.3 Å². The zero-order chi connectivity index (χ0) is 13.8. The first kappa shape index (κ1) is 12.8. The molecule has 0 radical (unpaired) electrons. The molecule has 0 amide bonds. The smallest absolute Gasteiger partial charge is 0.124 e. The number of rotatable bonds is 3.